The monoisotopic (exact) mass is 481 g/mol. The number of benzene rings is 1. The molecule has 3 unspecified atom stereocenters. The molecule has 0 saturated carbocycles. The van der Waals surface area contributed by atoms with E-state index in [1.54, 1.807) is 0 Å². The Hall–Kier alpha value is -4.20. The summed E-state index contributed by atoms with van der Waals surface area (Å²) in [6.07, 6.45) is -1.65. The number of nitrogens with one attached hydrogen (secondary N) is 3. The molecule has 14 nitrogen and oxygen atoms in total. The number of carboxylic acid groups (broad SMARTS) is 2. The summed E-state index contributed by atoms with van der Waals surface area (Å²) in [6, 6.07) is 1.27. The number of nitrogens with two attached hydrogens (primary N) is 2. The van der Waals surface area contributed by atoms with Crippen molar-refractivity contribution < 1.29 is 44.1 Å². The van der Waals surface area contributed by atoms with E-state index >= 15 is 0 Å². The van der Waals surface area contributed by atoms with Gasteiger partial charge in [-0.2, -0.15) is 0 Å². The molecule has 14 heteroatoms. The van der Waals surface area contributed by atoms with Crippen molar-refractivity contribution in [1.29, 1.82) is 0 Å². The van der Waals surface area contributed by atoms with Gasteiger partial charge in [0, 0.05) is 12.8 Å². The molecular weight excluding hydrogens is 454 g/mol. The number of phenols is 1. The number of rotatable bonds is 14. The number of amides is 4. The van der Waals surface area contributed by atoms with Gasteiger partial charge in [-0.1, -0.05) is 12.1 Å². The molecule has 186 valence electrons. The molecule has 0 saturated heterocycles. The third-order valence-corrected chi connectivity index (χ3v) is 4.52. The predicted molar refractivity (Wildman–Crippen MR) is 115 cm³/mol. The van der Waals surface area contributed by atoms with Gasteiger partial charge < -0.3 is 42.7 Å². The van der Waals surface area contributed by atoms with Crippen LogP contribution in [0.3, 0.4) is 0 Å². The minimum absolute atomic E-state index is 0.0201. The molecule has 0 aliphatic heterocycles. The quantitative estimate of drug-likeness (QED) is 0.135. The van der Waals surface area contributed by atoms with Gasteiger partial charge in [-0.05, 0) is 24.1 Å². The smallest absolute Gasteiger partial charge is 0.326 e. The van der Waals surface area contributed by atoms with Crippen molar-refractivity contribution in [2.75, 3.05) is 6.54 Å². The number of carbonyl (C=O) groups excluding carboxylic acids is 4. The topological polar surface area (TPSA) is 251 Å². The summed E-state index contributed by atoms with van der Waals surface area (Å²) >= 11 is 0. The third-order valence-electron chi connectivity index (χ3n) is 4.52. The Kier molecular flexibility index (Phi) is 10.9. The summed E-state index contributed by atoms with van der Waals surface area (Å²) in [6.45, 7) is -0.430. The molecule has 0 fully saturated rings. The molecule has 0 radical (unpaired) electrons. The van der Waals surface area contributed by atoms with E-state index in [-0.39, 0.29) is 25.0 Å². The fourth-order valence-corrected chi connectivity index (χ4v) is 2.80. The van der Waals surface area contributed by atoms with Crippen LogP contribution in [-0.4, -0.2) is 75.6 Å². The SMILES string of the molecule is NCC(=O)NC(Cc1ccc(O)cc1)C(=O)NC(CCC(N)=O)C(=O)NC(CC(=O)O)C(=O)O. The van der Waals surface area contributed by atoms with Crippen LogP contribution in [0.2, 0.25) is 0 Å². The highest BCUT2D eigenvalue weighted by atomic mass is 16.4. The van der Waals surface area contributed by atoms with Crippen molar-refractivity contribution in [3.63, 3.8) is 0 Å². The number of hydrogen-bond donors (Lipinski definition) is 8. The second kappa shape index (κ2) is 13.4. The van der Waals surface area contributed by atoms with Gasteiger partial charge >= 0.3 is 11.9 Å². The minimum atomic E-state index is -1.79. The van der Waals surface area contributed by atoms with Crippen molar-refractivity contribution in [3.8, 4) is 5.75 Å². The van der Waals surface area contributed by atoms with Gasteiger partial charge in [-0.25, -0.2) is 4.79 Å². The summed E-state index contributed by atoms with van der Waals surface area (Å²) in [5, 5.41) is 34.1. The van der Waals surface area contributed by atoms with Gasteiger partial charge in [0.25, 0.3) is 0 Å². The van der Waals surface area contributed by atoms with Crippen molar-refractivity contribution in [1.82, 2.24) is 16.0 Å². The van der Waals surface area contributed by atoms with Crippen molar-refractivity contribution in [2.24, 2.45) is 11.5 Å². The highest BCUT2D eigenvalue weighted by molar-refractivity contribution is 5.94. The molecule has 4 amide bonds. The lowest BCUT2D eigenvalue weighted by Crippen LogP contribution is -2.57. The summed E-state index contributed by atoms with van der Waals surface area (Å²) in [7, 11) is 0. The molecule has 1 aromatic carbocycles. The number of hydrogen-bond acceptors (Lipinski definition) is 8. The molecule has 0 heterocycles. The van der Waals surface area contributed by atoms with E-state index in [9.17, 15) is 33.9 Å². The molecule has 3 atom stereocenters. The Morgan fingerprint density at radius 3 is 1.91 bits per heavy atom. The molecule has 0 aromatic heterocycles. The van der Waals surface area contributed by atoms with E-state index in [0.29, 0.717) is 5.56 Å². The Morgan fingerprint density at radius 2 is 1.41 bits per heavy atom. The van der Waals surface area contributed by atoms with Gasteiger partial charge in [0.1, 0.15) is 23.9 Å². The maximum absolute atomic E-state index is 12.9. The zero-order chi connectivity index (χ0) is 25.8. The summed E-state index contributed by atoms with van der Waals surface area (Å²) in [4.78, 5) is 70.6. The number of primary amides is 1. The van der Waals surface area contributed by atoms with E-state index < -0.39 is 66.7 Å². The van der Waals surface area contributed by atoms with Crippen LogP contribution in [-0.2, 0) is 35.2 Å². The fraction of sp³-hybridized carbons (Fsp3) is 0.400. The van der Waals surface area contributed by atoms with E-state index in [1.807, 2.05) is 5.32 Å². The summed E-state index contributed by atoms with van der Waals surface area (Å²) in [5.41, 5.74) is 10.9. The molecule has 0 bridgehead atoms. The number of phenolic OH excluding ortho intramolecular Hbond substituents is 1. The van der Waals surface area contributed by atoms with Crippen LogP contribution in [0.1, 0.15) is 24.8 Å². The predicted octanol–water partition coefficient (Wildman–Crippen LogP) is -2.83. The first-order valence-corrected chi connectivity index (χ1v) is 10.0. The van der Waals surface area contributed by atoms with E-state index in [2.05, 4.69) is 10.6 Å². The highest BCUT2D eigenvalue weighted by Gasteiger charge is 2.30. The largest absolute Gasteiger partial charge is 0.508 e. The lowest BCUT2D eigenvalue weighted by Gasteiger charge is -2.24. The van der Waals surface area contributed by atoms with Gasteiger partial charge in [0.05, 0.1) is 13.0 Å². The van der Waals surface area contributed by atoms with Crippen LogP contribution in [0.15, 0.2) is 24.3 Å². The maximum atomic E-state index is 12.9. The van der Waals surface area contributed by atoms with E-state index in [0.717, 1.165) is 0 Å². The Labute approximate surface area is 193 Å². The fourth-order valence-electron chi connectivity index (χ4n) is 2.80. The second-order valence-corrected chi connectivity index (χ2v) is 7.26. The van der Waals surface area contributed by atoms with Crippen LogP contribution < -0.4 is 27.4 Å². The van der Waals surface area contributed by atoms with E-state index in [4.69, 9.17) is 21.7 Å². The first-order chi connectivity index (χ1) is 15.9. The maximum Gasteiger partial charge on any atom is 0.326 e. The van der Waals surface area contributed by atoms with Crippen LogP contribution in [0.5, 0.6) is 5.75 Å². The van der Waals surface area contributed by atoms with Gasteiger partial charge in [0.2, 0.25) is 23.6 Å². The molecule has 1 aromatic rings. The average Bonchev–Trinajstić information content (AvgIpc) is 2.76. The summed E-state index contributed by atoms with van der Waals surface area (Å²) < 4.78 is 0. The van der Waals surface area contributed by atoms with Gasteiger partial charge in [0.15, 0.2) is 0 Å². The molecule has 10 N–H and O–H groups in total. The number of aromatic hydroxyl groups is 1. The van der Waals surface area contributed by atoms with Crippen LogP contribution in [0, 0.1) is 0 Å². The van der Waals surface area contributed by atoms with Crippen molar-refractivity contribution in [3.05, 3.63) is 29.8 Å². The summed E-state index contributed by atoms with van der Waals surface area (Å²) in [5.74, 6) is -6.51. The molecule has 34 heavy (non-hydrogen) atoms. The number of carbonyl (C=O) groups is 6. The lowest BCUT2D eigenvalue weighted by molar-refractivity contribution is -0.147. The third kappa shape index (κ3) is 9.95. The Morgan fingerprint density at radius 1 is 0.853 bits per heavy atom. The Bertz CT molecular complexity index is 920. The average molecular weight is 481 g/mol. The molecule has 0 aliphatic rings. The minimum Gasteiger partial charge on any atom is -0.508 e. The zero-order valence-electron chi connectivity index (χ0n) is 18.0. The normalized spacial score (nSPS) is 13.1. The number of aliphatic carboxylic acids is 2. The zero-order valence-corrected chi connectivity index (χ0v) is 18.0. The second-order valence-electron chi connectivity index (χ2n) is 7.26. The Balaban J connectivity index is 3.07. The van der Waals surface area contributed by atoms with Crippen molar-refractivity contribution >= 4 is 35.6 Å². The molecule has 0 aliphatic carbocycles. The van der Waals surface area contributed by atoms with Crippen molar-refractivity contribution in [2.45, 2.75) is 43.8 Å². The van der Waals surface area contributed by atoms with Gasteiger partial charge in [-0.3, -0.25) is 24.0 Å². The van der Waals surface area contributed by atoms with Crippen LogP contribution >= 0.6 is 0 Å². The lowest BCUT2D eigenvalue weighted by atomic mass is 10.0. The first-order valence-electron chi connectivity index (χ1n) is 10.0. The standard InChI is InChI=1S/C20H27N5O9/c21-9-16(28)23-13(7-10-1-3-11(26)4-2-10)19(32)24-12(5-6-15(22)27)18(31)25-14(20(33)34)8-17(29)30/h1-4,12-14,26H,5-9,21H2,(H2,22,27)(H,23,28)(H,24,32)(H,25,31)(H,29,30)(H,33,34). The molecule has 1 rings (SSSR count). The molecule has 0 spiro atoms. The van der Waals surface area contributed by atoms with Crippen LogP contribution in [0.25, 0.3) is 0 Å². The highest BCUT2D eigenvalue weighted by Crippen LogP contribution is 2.12. The van der Waals surface area contributed by atoms with E-state index in [1.165, 1.54) is 24.3 Å². The van der Waals surface area contributed by atoms with Gasteiger partial charge in [-0.15, -0.1) is 0 Å². The molecular formula is C20H27N5O9. The first kappa shape index (κ1) is 27.8. The number of carboxylic acids is 2. The van der Waals surface area contributed by atoms with Crippen LogP contribution in [0.4, 0.5) is 0 Å².